The fourth-order valence-electron chi connectivity index (χ4n) is 2.68. The van der Waals surface area contributed by atoms with Gasteiger partial charge in [0.2, 0.25) is 0 Å². The van der Waals surface area contributed by atoms with E-state index in [9.17, 15) is 14.7 Å². The molecule has 4 heteroatoms. The van der Waals surface area contributed by atoms with Crippen LogP contribution in [0.15, 0.2) is 23.3 Å². The van der Waals surface area contributed by atoms with Gasteiger partial charge in [-0.1, -0.05) is 6.07 Å². The van der Waals surface area contributed by atoms with Gasteiger partial charge in [0.25, 0.3) is 5.91 Å². The summed E-state index contributed by atoms with van der Waals surface area (Å²) in [7, 11) is 0. The van der Waals surface area contributed by atoms with Gasteiger partial charge in [0.1, 0.15) is 0 Å². The normalized spacial score (nSPS) is 15.0. The summed E-state index contributed by atoms with van der Waals surface area (Å²) in [5.74, 6) is -1.25. The Morgan fingerprint density at radius 1 is 0.952 bits per heavy atom. The number of nitrogens with one attached hydrogen (secondary N) is 1. The lowest BCUT2D eigenvalue weighted by atomic mass is 9.91. The lowest BCUT2D eigenvalue weighted by molar-refractivity contribution is -0.133. The second-order valence-corrected chi connectivity index (χ2v) is 5.67. The molecule has 0 atom stereocenters. The van der Waals surface area contributed by atoms with Crippen LogP contribution in [0.25, 0.3) is 0 Å². The molecule has 0 heterocycles. The van der Waals surface area contributed by atoms with Crippen LogP contribution in [0.3, 0.4) is 0 Å². The number of carboxylic acids is 1. The molecule has 2 N–H and O–H groups in total. The molecule has 0 aliphatic heterocycles. The van der Waals surface area contributed by atoms with E-state index in [0.717, 1.165) is 29.7 Å². The van der Waals surface area contributed by atoms with Crippen molar-refractivity contribution in [3.63, 3.8) is 0 Å². The molecule has 1 aromatic carbocycles. The number of rotatable bonds is 3. The van der Waals surface area contributed by atoms with E-state index in [0.29, 0.717) is 18.4 Å². The highest BCUT2D eigenvalue weighted by atomic mass is 16.4. The van der Waals surface area contributed by atoms with E-state index in [4.69, 9.17) is 0 Å². The van der Waals surface area contributed by atoms with Gasteiger partial charge in [0, 0.05) is 16.8 Å². The van der Waals surface area contributed by atoms with E-state index in [-0.39, 0.29) is 11.5 Å². The second-order valence-electron chi connectivity index (χ2n) is 5.67. The zero-order chi connectivity index (χ0) is 15.6. The number of hydrogen-bond acceptors (Lipinski definition) is 2. The number of carboxylic acid groups (broad SMARTS) is 1. The molecule has 2 rings (SSSR count). The summed E-state index contributed by atoms with van der Waals surface area (Å²) >= 11 is 0. The molecule has 1 aliphatic rings. The van der Waals surface area contributed by atoms with Crippen molar-refractivity contribution in [3.8, 4) is 0 Å². The third kappa shape index (κ3) is 3.32. The quantitative estimate of drug-likeness (QED) is 0.894. The Hall–Kier alpha value is -2.10. The molecule has 1 aliphatic carbocycles. The average molecular weight is 287 g/mol. The fraction of sp³-hybridized carbons (Fsp3) is 0.412. The van der Waals surface area contributed by atoms with Crippen molar-refractivity contribution in [2.24, 2.45) is 0 Å². The second kappa shape index (κ2) is 6.12. The van der Waals surface area contributed by atoms with Crippen LogP contribution in [0.5, 0.6) is 0 Å². The summed E-state index contributed by atoms with van der Waals surface area (Å²) in [5, 5.41) is 12.1. The zero-order valence-electron chi connectivity index (χ0n) is 12.7. The fourth-order valence-corrected chi connectivity index (χ4v) is 2.68. The van der Waals surface area contributed by atoms with Gasteiger partial charge in [-0.3, -0.25) is 4.79 Å². The minimum absolute atomic E-state index is 0.264. The predicted octanol–water partition coefficient (Wildman–Crippen LogP) is 3.51. The molecule has 0 unspecified atom stereocenters. The number of aryl methyl sites for hydroxylation is 3. The first-order valence-electron chi connectivity index (χ1n) is 7.24. The summed E-state index contributed by atoms with van der Waals surface area (Å²) in [4.78, 5) is 23.6. The molecule has 0 radical (unpaired) electrons. The molecule has 0 spiro atoms. The monoisotopic (exact) mass is 287 g/mol. The number of hydrogen-bond donors (Lipinski definition) is 2. The average Bonchev–Trinajstić information content (AvgIpc) is 2.44. The van der Waals surface area contributed by atoms with Crippen LogP contribution in [0.4, 0.5) is 5.69 Å². The van der Waals surface area contributed by atoms with Gasteiger partial charge in [-0.15, -0.1) is 0 Å². The smallest absolute Gasteiger partial charge is 0.332 e. The largest absolute Gasteiger partial charge is 0.478 e. The molecular weight excluding hydrogens is 266 g/mol. The van der Waals surface area contributed by atoms with Gasteiger partial charge >= 0.3 is 5.97 Å². The molecule has 0 saturated carbocycles. The highest BCUT2D eigenvalue weighted by Gasteiger charge is 2.23. The molecule has 0 bridgehead atoms. The van der Waals surface area contributed by atoms with Crippen molar-refractivity contribution in [1.29, 1.82) is 0 Å². The SMILES string of the molecule is Cc1cc(C)c(NC(=O)C2=C(C(=O)O)CCCC2)cc1C. The molecule has 1 amide bonds. The molecule has 0 aromatic heterocycles. The zero-order valence-corrected chi connectivity index (χ0v) is 12.7. The third-order valence-corrected chi connectivity index (χ3v) is 4.09. The van der Waals surface area contributed by atoms with Crippen LogP contribution in [-0.2, 0) is 9.59 Å². The van der Waals surface area contributed by atoms with E-state index in [2.05, 4.69) is 5.32 Å². The van der Waals surface area contributed by atoms with Gasteiger partial charge in [0.15, 0.2) is 0 Å². The molecular formula is C17H21NO3. The Balaban J connectivity index is 2.29. The summed E-state index contributed by atoms with van der Waals surface area (Å²) in [6.45, 7) is 5.96. The van der Waals surface area contributed by atoms with E-state index in [1.807, 2.05) is 32.9 Å². The Kier molecular flexibility index (Phi) is 4.46. The van der Waals surface area contributed by atoms with Gasteiger partial charge in [-0.25, -0.2) is 4.79 Å². The Labute approximate surface area is 124 Å². The Morgan fingerprint density at radius 3 is 2.14 bits per heavy atom. The van der Waals surface area contributed by atoms with Crippen LogP contribution >= 0.6 is 0 Å². The van der Waals surface area contributed by atoms with E-state index >= 15 is 0 Å². The number of carbonyl (C=O) groups excluding carboxylic acids is 1. The molecule has 0 saturated heterocycles. The van der Waals surface area contributed by atoms with Gasteiger partial charge in [-0.2, -0.15) is 0 Å². The first kappa shape index (κ1) is 15.3. The highest BCUT2D eigenvalue weighted by molar-refractivity contribution is 6.09. The van der Waals surface area contributed by atoms with Crippen LogP contribution in [0, 0.1) is 20.8 Å². The van der Waals surface area contributed by atoms with Crippen molar-refractivity contribution in [2.45, 2.75) is 46.5 Å². The van der Waals surface area contributed by atoms with Crippen LogP contribution in [0.2, 0.25) is 0 Å². The molecule has 4 nitrogen and oxygen atoms in total. The summed E-state index contributed by atoms with van der Waals surface area (Å²) < 4.78 is 0. The number of amides is 1. The minimum Gasteiger partial charge on any atom is -0.478 e. The van der Waals surface area contributed by atoms with E-state index in [1.165, 1.54) is 5.56 Å². The standard InChI is InChI=1S/C17H21NO3/c1-10-8-12(3)15(9-11(10)2)18-16(19)13-6-4-5-7-14(13)17(20)21/h8-9H,4-7H2,1-3H3,(H,18,19)(H,20,21). The van der Waals surface area contributed by atoms with E-state index < -0.39 is 5.97 Å². The summed E-state index contributed by atoms with van der Waals surface area (Å²) in [6, 6.07) is 3.96. The number of benzene rings is 1. The maximum absolute atomic E-state index is 12.4. The minimum atomic E-state index is -0.975. The first-order chi connectivity index (χ1) is 9.90. The first-order valence-corrected chi connectivity index (χ1v) is 7.24. The highest BCUT2D eigenvalue weighted by Crippen LogP contribution is 2.27. The van der Waals surface area contributed by atoms with Crippen LogP contribution < -0.4 is 5.32 Å². The predicted molar refractivity (Wildman–Crippen MR) is 82.4 cm³/mol. The summed E-state index contributed by atoms with van der Waals surface area (Å²) in [5.41, 5.74) is 4.71. The lowest BCUT2D eigenvalue weighted by Gasteiger charge is -2.18. The van der Waals surface area contributed by atoms with Crippen molar-refractivity contribution in [2.75, 3.05) is 5.32 Å². The summed E-state index contributed by atoms with van der Waals surface area (Å²) in [6.07, 6.45) is 2.72. The third-order valence-electron chi connectivity index (χ3n) is 4.09. The lowest BCUT2D eigenvalue weighted by Crippen LogP contribution is -2.21. The Morgan fingerprint density at radius 2 is 1.52 bits per heavy atom. The van der Waals surface area contributed by atoms with Crippen molar-refractivity contribution < 1.29 is 14.7 Å². The number of carbonyl (C=O) groups is 2. The molecule has 0 fully saturated rings. The maximum atomic E-state index is 12.4. The van der Waals surface area contributed by atoms with Crippen molar-refractivity contribution in [1.82, 2.24) is 0 Å². The molecule has 21 heavy (non-hydrogen) atoms. The number of anilines is 1. The van der Waals surface area contributed by atoms with Gasteiger partial charge in [0.05, 0.1) is 0 Å². The van der Waals surface area contributed by atoms with Crippen LogP contribution in [0.1, 0.15) is 42.4 Å². The van der Waals surface area contributed by atoms with E-state index in [1.54, 1.807) is 0 Å². The van der Waals surface area contributed by atoms with Crippen molar-refractivity contribution >= 4 is 17.6 Å². The topological polar surface area (TPSA) is 66.4 Å². The van der Waals surface area contributed by atoms with Gasteiger partial charge < -0.3 is 10.4 Å². The van der Waals surface area contributed by atoms with Crippen LogP contribution in [-0.4, -0.2) is 17.0 Å². The maximum Gasteiger partial charge on any atom is 0.332 e. The Bertz CT molecular complexity index is 629. The van der Waals surface area contributed by atoms with Crippen molar-refractivity contribution in [3.05, 3.63) is 40.0 Å². The molecule has 1 aromatic rings. The molecule has 112 valence electrons. The number of aliphatic carboxylic acids is 1. The van der Waals surface area contributed by atoms with Gasteiger partial charge in [-0.05, 0) is 69.2 Å².